The zero-order chi connectivity index (χ0) is 19.8. The van der Waals surface area contributed by atoms with E-state index in [-0.39, 0.29) is 17.4 Å². The Bertz CT molecular complexity index is 1130. The van der Waals surface area contributed by atoms with Gasteiger partial charge < -0.3 is 10.6 Å². The Balaban J connectivity index is 2.00. The number of fused-ring (bicyclic) bond motifs is 1. The topological polar surface area (TPSA) is 58.2 Å². The summed E-state index contributed by atoms with van der Waals surface area (Å²) < 4.78 is 28.0. The molecule has 1 aliphatic rings. The zero-order valence-corrected chi connectivity index (χ0v) is 15.0. The number of benzene rings is 3. The summed E-state index contributed by atoms with van der Waals surface area (Å²) >= 11 is 0. The van der Waals surface area contributed by atoms with Gasteiger partial charge in [0.15, 0.2) is 0 Å². The highest BCUT2D eigenvalue weighted by atomic mass is 19.1. The number of carbonyl (C=O) groups is 2. The first-order valence-corrected chi connectivity index (χ1v) is 8.71. The molecule has 4 rings (SSSR count). The Labute approximate surface area is 160 Å². The van der Waals surface area contributed by atoms with E-state index in [0.29, 0.717) is 34.5 Å². The number of halogens is 2. The lowest BCUT2D eigenvalue weighted by molar-refractivity contribution is -0.114. The minimum absolute atomic E-state index is 0.177. The van der Waals surface area contributed by atoms with Crippen molar-refractivity contribution in [1.29, 1.82) is 0 Å². The number of amides is 2. The van der Waals surface area contributed by atoms with Gasteiger partial charge in [-0.15, -0.1) is 0 Å². The lowest BCUT2D eigenvalue weighted by atomic mass is 9.89. The normalized spacial score (nSPS) is 12.5. The van der Waals surface area contributed by atoms with Gasteiger partial charge in [-0.1, -0.05) is 18.2 Å². The van der Waals surface area contributed by atoms with Crippen LogP contribution in [0.4, 0.5) is 14.5 Å². The lowest BCUT2D eigenvalue weighted by Crippen LogP contribution is -2.12. The predicted molar refractivity (Wildman–Crippen MR) is 103 cm³/mol. The molecule has 0 atom stereocenters. The molecule has 4 nitrogen and oxygen atoms in total. The third-order valence-corrected chi connectivity index (χ3v) is 4.68. The van der Waals surface area contributed by atoms with Crippen LogP contribution in [0.2, 0.25) is 0 Å². The number of hydrogen-bond acceptors (Lipinski definition) is 2. The summed E-state index contributed by atoms with van der Waals surface area (Å²) in [5, 5.41) is 5.53. The maximum Gasteiger partial charge on any atom is 0.251 e. The van der Waals surface area contributed by atoms with Crippen molar-refractivity contribution in [2.75, 3.05) is 5.32 Å². The van der Waals surface area contributed by atoms with Gasteiger partial charge in [0, 0.05) is 41.9 Å². The monoisotopic (exact) mass is 378 g/mol. The van der Waals surface area contributed by atoms with E-state index in [1.54, 1.807) is 18.2 Å². The van der Waals surface area contributed by atoms with E-state index in [1.807, 2.05) is 18.2 Å². The predicted octanol–water partition coefficient (Wildman–Crippen LogP) is 4.50. The largest absolute Gasteiger partial charge is 0.348 e. The molecule has 140 valence electrons. The summed E-state index contributed by atoms with van der Waals surface area (Å²) in [6.45, 7) is 1.78. The number of rotatable bonds is 3. The molecule has 0 bridgehead atoms. The molecule has 1 heterocycles. The smallest absolute Gasteiger partial charge is 0.251 e. The molecule has 0 radical (unpaired) electrons. The number of para-hydroxylation sites is 1. The minimum atomic E-state index is -0.725. The Hall–Kier alpha value is -3.54. The maximum atomic E-state index is 14.6. The van der Waals surface area contributed by atoms with E-state index in [9.17, 15) is 18.4 Å². The summed E-state index contributed by atoms with van der Waals surface area (Å²) in [6.07, 6.45) is 0. The van der Waals surface area contributed by atoms with E-state index in [2.05, 4.69) is 10.6 Å². The summed E-state index contributed by atoms with van der Waals surface area (Å²) in [6, 6.07) is 13.9. The second-order valence-electron chi connectivity index (χ2n) is 6.59. The Kier molecular flexibility index (Phi) is 4.39. The summed E-state index contributed by atoms with van der Waals surface area (Å²) in [4.78, 5) is 23.7. The van der Waals surface area contributed by atoms with Gasteiger partial charge in [0.2, 0.25) is 5.91 Å². The number of nitrogens with one attached hydrogen (secondary N) is 2. The van der Waals surface area contributed by atoms with E-state index in [4.69, 9.17) is 0 Å². The van der Waals surface area contributed by atoms with Gasteiger partial charge in [0.25, 0.3) is 5.91 Å². The van der Waals surface area contributed by atoms with Crippen LogP contribution in [0, 0.1) is 11.6 Å². The molecular formula is C22H16F2N2O2. The third kappa shape index (κ3) is 3.13. The average molecular weight is 378 g/mol. The van der Waals surface area contributed by atoms with E-state index in [0.717, 1.165) is 11.6 Å². The van der Waals surface area contributed by atoms with Crippen molar-refractivity contribution < 1.29 is 18.4 Å². The SMILES string of the molecule is CC(=O)Nc1ccccc1-c1cc2c(cc1-c1ccc(F)cc1F)C(=O)NC2. The van der Waals surface area contributed by atoms with Crippen molar-refractivity contribution in [2.45, 2.75) is 13.5 Å². The molecule has 6 heteroatoms. The van der Waals surface area contributed by atoms with Crippen LogP contribution in [0.1, 0.15) is 22.8 Å². The standard InChI is InChI=1S/C22H16F2N2O2/c1-12(27)26-21-5-3-2-4-16(21)18-8-13-11-25-22(28)17(13)10-19(18)15-7-6-14(23)9-20(15)24/h2-10H,11H2,1H3,(H,25,28)(H,26,27). The van der Waals surface area contributed by atoms with Crippen molar-refractivity contribution in [3.05, 3.63) is 77.4 Å². The number of carbonyl (C=O) groups excluding carboxylic acids is 2. The van der Waals surface area contributed by atoms with Gasteiger partial charge in [-0.25, -0.2) is 8.78 Å². The fourth-order valence-corrected chi connectivity index (χ4v) is 3.44. The van der Waals surface area contributed by atoms with Crippen molar-refractivity contribution in [3.63, 3.8) is 0 Å². The molecular weight excluding hydrogens is 362 g/mol. The van der Waals surface area contributed by atoms with Crippen LogP contribution in [0.15, 0.2) is 54.6 Å². The summed E-state index contributed by atoms with van der Waals surface area (Å²) in [5.41, 5.74) is 3.76. The average Bonchev–Trinajstić information content (AvgIpc) is 3.01. The molecule has 0 aromatic heterocycles. The highest BCUT2D eigenvalue weighted by Gasteiger charge is 2.24. The van der Waals surface area contributed by atoms with Crippen molar-refractivity contribution in [2.24, 2.45) is 0 Å². The molecule has 2 amide bonds. The molecule has 0 saturated carbocycles. The van der Waals surface area contributed by atoms with Crippen molar-refractivity contribution >= 4 is 17.5 Å². The Morgan fingerprint density at radius 3 is 2.43 bits per heavy atom. The molecule has 0 spiro atoms. The lowest BCUT2D eigenvalue weighted by Gasteiger charge is -2.16. The Morgan fingerprint density at radius 1 is 0.929 bits per heavy atom. The van der Waals surface area contributed by atoms with Crippen LogP contribution >= 0.6 is 0 Å². The first-order valence-electron chi connectivity index (χ1n) is 8.71. The van der Waals surface area contributed by atoms with Crippen LogP contribution in [0.25, 0.3) is 22.3 Å². The minimum Gasteiger partial charge on any atom is -0.348 e. The molecule has 1 aliphatic heterocycles. The van der Waals surface area contributed by atoms with Crippen LogP contribution in [0.5, 0.6) is 0 Å². The van der Waals surface area contributed by atoms with Gasteiger partial charge in [-0.2, -0.15) is 0 Å². The molecule has 2 N–H and O–H groups in total. The molecule has 0 unspecified atom stereocenters. The first-order chi connectivity index (χ1) is 13.4. The van der Waals surface area contributed by atoms with Gasteiger partial charge in [-0.05, 0) is 47.0 Å². The van der Waals surface area contributed by atoms with Gasteiger partial charge in [0.1, 0.15) is 11.6 Å². The second-order valence-corrected chi connectivity index (χ2v) is 6.59. The summed E-state index contributed by atoms with van der Waals surface area (Å²) in [7, 11) is 0. The molecule has 3 aromatic rings. The molecule has 0 aliphatic carbocycles. The Morgan fingerprint density at radius 2 is 1.68 bits per heavy atom. The maximum absolute atomic E-state index is 14.6. The van der Waals surface area contributed by atoms with E-state index in [1.165, 1.54) is 19.1 Å². The van der Waals surface area contributed by atoms with Crippen molar-refractivity contribution in [3.8, 4) is 22.3 Å². The fourth-order valence-electron chi connectivity index (χ4n) is 3.44. The number of anilines is 1. The van der Waals surface area contributed by atoms with Crippen LogP contribution in [-0.4, -0.2) is 11.8 Å². The van der Waals surface area contributed by atoms with Crippen LogP contribution < -0.4 is 10.6 Å². The van der Waals surface area contributed by atoms with Gasteiger partial charge in [-0.3, -0.25) is 9.59 Å². The third-order valence-electron chi connectivity index (χ3n) is 4.68. The highest BCUT2D eigenvalue weighted by Crippen LogP contribution is 2.40. The van der Waals surface area contributed by atoms with Crippen LogP contribution in [-0.2, 0) is 11.3 Å². The molecule has 3 aromatic carbocycles. The second kappa shape index (κ2) is 6.88. The first kappa shape index (κ1) is 17.9. The molecule has 0 fully saturated rings. The quantitative estimate of drug-likeness (QED) is 0.705. The van der Waals surface area contributed by atoms with Gasteiger partial charge in [0.05, 0.1) is 0 Å². The molecule has 28 heavy (non-hydrogen) atoms. The van der Waals surface area contributed by atoms with Gasteiger partial charge >= 0.3 is 0 Å². The zero-order valence-electron chi connectivity index (χ0n) is 15.0. The van der Waals surface area contributed by atoms with Crippen molar-refractivity contribution in [1.82, 2.24) is 5.32 Å². The molecule has 0 saturated heterocycles. The highest BCUT2D eigenvalue weighted by molar-refractivity contribution is 6.03. The van der Waals surface area contributed by atoms with E-state index >= 15 is 0 Å². The number of hydrogen-bond donors (Lipinski definition) is 2. The summed E-state index contributed by atoms with van der Waals surface area (Å²) in [5.74, 6) is -1.88. The van der Waals surface area contributed by atoms with Crippen LogP contribution in [0.3, 0.4) is 0 Å². The van der Waals surface area contributed by atoms with E-state index < -0.39 is 11.6 Å². The fraction of sp³-hybridized carbons (Fsp3) is 0.0909.